The molecule has 1 aliphatic heterocycles. The van der Waals surface area contributed by atoms with Crippen molar-refractivity contribution in [2.45, 2.75) is 49.8 Å². The lowest BCUT2D eigenvalue weighted by atomic mass is 9.94. The van der Waals surface area contributed by atoms with Crippen molar-refractivity contribution in [2.75, 3.05) is 26.2 Å². The zero-order valence-electron chi connectivity index (χ0n) is 14.9. The van der Waals surface area contributed by atoms with E-state index in [1.54, 1.807) is 17.5 Å². The summed E-state index contributed by atoms with van der Waals surface area (Å²) < 4.78 is 32.3. The van der Waals surface area contributed by atoms with Crippen LogP contribution in [-0.4, -0.2) is 51.0 Å². The minimum atomic E-state index is -3.36. The zero-order valence-corrected chi connectivity index (χ0v) is 16.6. The first-order valence-corrected chi connectivity index (χ1v) is 11.1. The molecule has 0 bridgehead atoms. The highest BCUT2D eigenvalue weighted by molar-refractivity contribution is 7.91. The minimum absolute atomic E-state index is 0.0455. The molecule has 0 aromatic carbocycles. The van der Waals surface area contributed by atoms with Crippen LogP contribution >= 0.6 is 11.3 Å². The van der Waals surface area contributed by atoms with E-state index in [0.717, 1.165) is 19.3 Å². The van der Waals surface area contributed by atoms with Gasteiger partial charge in [0.2, 0.25) is 5.91 Å². The Labute approximate surface area is 154 Å². The van der Waals surface area contributed by atoms with E-state index in [2.05, 4.69) is 5.32 Å². The Kier molecular flexibility index (Phi) is 7.86. The number of nitrogens with one attached hydrogen (secondary N) is 1. The topological polar surface area (TPSA) is 75.7 Å². The summed E-state index contributed by atoms with van der Waals surface area (Å²) in [6.07, 6.45) is 2.95. The predicted molar refractivity (Wildman–Crippen MR) is 99.1 cm³/mol. The summed E-state index contributed by atoms with van der Waals surface area (Å²) in [4.78, 5) is 12.0. The average Bonchev–Trinajstić information content (AvgIpc) is 3.10. The Balaban J connectivity index is 1.67. The lowest BCUT2D eigenvalue weighted by Crippen LogP contribution is -2.39. The summed E-state index contributed by atoms with van der Waals surface area (Å²) in [5.74, 6) is 0.297. The molecular formula is C17H28N2O4S2. The number of carbonyl (C=O) groups excluding carboxylic acids is 1. The summed E-state index contributed by atoms with van der Waals surface area (Å²) in [5, 5.41) is 4.69. The second kappa shape index (κ2) is 9.66. The molecule has 2 rings (SSSR count). The fourth-order valence-electron chi connectivity index (χ4n) is 2.84. The van der Waals surface area contributed by atoms with Crippen LogP contribution in [0, 0.1) is 5.92 Å². The molecule has 1 aliphatic rings. The number of amides is 1. The summed E-state index contributed by atoms with van der Waals surface area (Å²) in [6.45, 7) is 6.22. The molecule has 0 spiro atoms. The van der Waals surface area contributed by atoms with E-state index in [1.807, 2.05) is 13.8 Å². The highest BCUT2D eigenvalue weighted by atomic mass is 32.2. The van der Waals surface area contributed by atoms with Gasteiger partial charge in [-0.15, -0.1) is 11.3 Å². The first-order chi connectivity index (χ1) is 11.9. The van der Waals surface area contributed by atoms with E-state index < -0.39 is 10.0 Å². The SMILES string of the molecule is CC(C)OCCCNC(=O)CC1CCN(S(=O)(=O)c2cccs2)CC1. The molecule has 0 aliphatic carbocycles. The maximum atomic E-state index is 12.5. The van der Waals surface area contributed by atoms with Gasteiger partial charge in [0.1, 0.15) is 4.21 Å². The lowest BCUT2D eigenvalue weighted by Gasteiger charge is -2.30. The molecule has 6 nitrogen and oxygen atoms in total. The van der Waals surface area contributed by atoms with E-state index in [1.165, 1.54) is 15.6 Å². The summed E-state index contributed by atoms with van der Waals surface area (Å²) in [7, 11) is -3.36. The van der Waals surface area contributed by atoms with Gasteiger partial charge in [-0.3, -0.25) is 4.79 Å². The Bertz CT molecular complexity index is 621. The smallest absolute Gasteiger partial charge is 0.252 e. The Hall–Kier alpha value is -0.960. The van der Waals surface area contributed by atoms with Gasteiger partial charge in [0.15, 0.2) is 0 Å². The molecular weight excluding hydrogens is 360 g/mol. The molecule has 2 heterocycles. The molecule has 0 atom stereocenters. The number of sulfonamides is 1. The number of nitrogens with zero attached hydrogens (tertiary/aromatic N) is 1. The Morgan fingerprint density at radius 2 is 2.12 bits per heavy atom. The van der Waals surface area contributed by atoms with Gasteiger partial charge in [0.25, 0.3) is 10.0 Å². The van der Waals surface area contributed by atoms with Crippen molar-refractivity contribution in [1.29, 1.82) is 0 Å². The van der Waals surface area contributed by atoms with Crippen LogP contribution in [0.5, 0.6) is 0 Å². The van der Waals surface area contributed by atoms with E-state index >= 15 is 0 Å². The maximum Gasteiger partial charge on any atom is 0.252 e. The van der Waals surface area contributed by atoms with Crippen LogP contribution in [0.25, 0.3) is 0 Å². The number of thiophene rings is 1. The number of hydrogen-bond acceptors (Lipinski definition) is 5. The van der Waals surface area contributed by atoms with E-state index in [9.17, 15) is 13.2 Å². The van der Waals surface area contributed by atoms with Gasteiger partial charge in [0.05, 0.1) is 6.10 Å². The van der Waals surface area contributed by atoms with Gasteiger partial charge in [-0.25, -0.2) is 8.42 Å². The standard InChI is InChI=1S/C17H28N2O4S2/c1-14(2)23-11-4-8-18-16(20)13-15-6-9-19(10-7-15)25(21,22)17-5-3-12-24-17/h3,5,12,14-15H,4,6-11,13H2,1-2H3,(H,18,20). The molecule has 25 heavy (non-hydrogen) atoms. The number of hydrogen-bond donors (Lipinski definition) is 1. The second-order valence-corrected chi connectivity index (χ2v) is 9.72. The van der Waals surface area contributed by atoms with Crippen molar-refractivity contribution in [3.05, 3.63) is 17.5 Å². The monoisotopic (exact) mass is 388 g/mol. The molecule has 0 unspecified atom stereocenters. The number of carbonyl (C=O) groups is 1. The van der Waals surface area contributed by atoms with E-state index in [-0.39, 0.29) is 17.9 Å². The molecule has 8 heteroatoms. The highest BCUT2D eigenvalue weighted by Crippen LogP contribution is 2.27. The average molecular weight is 389 g/mol. The molecule has 1 fully saturated rings. The third kappa shape index (κ3) is 6.36. The lowest BCUT2D eigenvalue weighted by molar-refractivity contribution is -0.122. The second-order valence-electron chi connectivity index (χ2n) is 6.61. The molecule has 1 N–H and O–H groups in total. The van der Waals surface area contributed by atoms with Crippen LogP contribution < -0.4 is 5.32 Å². The first-order valence-electron chi connectivity index (χ1n) is 8.81. The van der Waals surface area contributed by atoms with Crippen molar-refractivity contribution >= 4 is 27.3 Å². The molecule has 1 aromatic heterocycles. The quantitative estimate of drug-likeness (QED) is 0.660. The third-order valence-corrected chi connectivity index (χ3v) is 7.50. The van der Waals surface area contributed by atoms with Crippen molar-refractivity contribution in [1.82, 2.24) is 9.62 Å². The molecule has 0 radical (unpaired) electrons. The van der Waals surface area contributed by atoms with Crippen LogP contribution in [0.4, 0.5) is 0 Å². The van der Waals surface area contributed by atoms with E-state index in [0.29, 0.717) is 36.9 Å². The van der Waals surface area contributed by atoms with Crippen molar-refractivity contribution in [3.8, 4) is 0 Å². The van der Waals surface area contributed by atoms with Gasteiger partial charge in [-0.05, 0) is 50.5 Å². The fourth-order valence-corrected chi connectivity index (χ4v) is 5.46. The van der Waals surface area contributed by atoms with Crippen LogP contribution in [0.1, 0.15) is 39.5 Å². The summed E-state index contributed by atoms with van der Waals surface area (Å²) in [5.41, 5.74) is 0. The Morgan fingerprint density at radius 1 is 1.40 bits per heavy atom. The Morgan fingerprint density at radius 3 is 2.72 bits per heavy atom. The van der Waals surface area contributed by atoms with E-state index in [4.69, 9.17) is 4.74 Å². The first kappa shape index (κ1) is 20.4. The van der Waals surface area contributed by atoms with Gasteiger partial charge in [-0.1, -0.05) is 6.07 Å². The maximum absolute atomic E-state index is 12.5. The fraction of sp³-hybridized carbons (Fsp3) is 0.706. The van der Waals surface area contributed by atoms with Gasteiger partial charge < -0.3 is 10.1 Å². The number of ether oxygens (including phenoxy) is 1. The predicted octanol–water partition coefficient (Wildman–Crippen LogP) is 2.47. The number of piperidine rings is 1. The van der Waals surface area contributed by atoms with Gasteiger partial charge in [-0.2, -0.15) is 4.31 Å². The molecule has 1 amide bonds. The van der Waals surface area contributed by atoms with Crippen molar-refractivity contribution < 1.29 is 17.9 Å². The number of rotatable bonds is 9. The zero-order chi connectivity index (χ0) is 18.3. The van der Waals surface area contributed by atoms with Crippen LogP contribution in [0.15, 0.2) is 21.7 Å². The summed E-state index contributed by atoms with van der Waals surface area (Å²) >= 11 is 1.25. The minimum Gasteiger partial charge on any atom is -0.379 e. The largest absolute Gasteiger partial charge is 0.379 e. The normalized spacial score (nSPS) is 17.1. The molecule has 1 saturated heterocycles. The van der Waals surface area contributed by atoms with Crippen molar-refractivity contribution in [2.24, 2.45) is 5.92 Å². The molecule has 0 saturated carbocycles. The molecule has 1 aromatic rings. The van der Waals surface area contributed by atoms with Crippen LogP contribution in [0.2, 0.25) is 0 Å². The highest BCUT2D eigenvalue weighted by Gasteiger charge is 2.30. The van der Waals surface area contributed by atoms with Gasteiger partial charge in [0, 0.05) is 32.7 Å². The van der Waals surface area contributed by atoms with Crippen LogP contribution in [0.3, 0.4) is 0 Å². The van der Waals surface area contributed by atoms with Crippen molar-refractivity contribution in [3.63, 3.8) is 0 Å². The summed E-state index contributed by atoms with van der Waals surface area (Å²) in [6, 6.07) is 3.39. The van der Waals surface area contributed by atoms with Crippen LogP contribution in [-0.2, 0) is 19.6 Å². The third-order valence-electron chi connectivity index (χ3n) is 4.23. The molecule has 142 valence electrons. The van der Waals surface area contributed by atoms with Gasteiger partial charge >= 0.3 is 0 Å².